The van der Waals surface area contributed by atoms with Crippen molar-refractivity contribution in [2.45, 2.75) is 26.2 Å². The van der Waals surface area contributed by atoms with Gasteiger partial charge in [0.05, 0.1) is 20.6 Å². The predicted octanol–water partition coefficient (Wildman–Crippen LogP) is 0.448. The molecule has 0 bridgehead atoms. The number of unbranched alkanes of at least 4 members (excludes halogenated alkanes) is 2. The average Bonchev–Trinajstić information content (AvgIpc) is 2.19. The molecular formula is C13H22ClN. The van der Waals surface area contributed by atoms with Crippen molar-refractivity contribution in [1.82, 2.24) is 4.48 Å². The van der Waals surface area contributed by atoms with Crippen molar-refractivity contribution >= 4 is 5.69 Å². The zero-order valence-electron chi connectivity index (χ0n) is 10.0. The number of hydrogen-bond acceptors (Lipinski definition) is 0. The van der Waals surface area contributed by atoms with Crippen molar-refractivity contribution in [1.29, 1.82) is 0 Å². The largest absolute Gasteiger partial charge is 1.00 e. The molecule has 1 rings (SSSR count). The lowest BCUT2D eigenvalue weighted by Crippen LogP contribution is -3.00. The summed E-state index contributed by atoms with van der Waals surface area (Å²) in [7, 11) is 4.57. The van der Waals surface area contributed by atoms with Gasteiger partial charge in [-0.3, -0.25) is 4.48 Å². The third-order valence-electron chi connectivity index (χ3n) is 2.78. The Morgan fingerprint density at radius 1 is 1.00 bits per heavy atom. The van der Waals surface area contributed by atoms with Crippen molar-refractivity contribution in [2.75, 3.05) is 20.6 Å². The van der Waals surface area contributed by atoms with Crippen LogP contribution in [-0.2, 0) is 0 Å². The Morgan fingerprint density at radius 3 is 2.13 bits per heavy atom. The van der Waals surface area contributed by atoms with E-state index >= 15 is 0 Å². The highest BCUT2D eigenvalue weighted by atomic mass is 35.5. The van der Waals surface area contributed by atoms with Crippen molar-refractivity contribution in [3.63, 3.8) is 0 Å². The third kappa shape index (κ3) is 4.67. The van der Waals surface area contributed by atoms with Crippen LogP contribution in [0.4, 0.5) is 5.69 Å². The van der Waals surface area contributed by atoms with Crippen LogP contribution < -0.4 is 16.9 Å². The number of hydrogen-bond donors (Lipinski definition) is 0. The molecule has 0 atom stereocenters. The molecule has 0 heterocycles. The summed E-state index contributed by atoms with van der Waals surface area (Å²) < 4.78 is 1.00. The Labute approximate surface area is 100 Å². The molecule has 2 heteroatoms. The van der Waals surface area contributed by atoms with Crippen LogP contribution in [0, 0.1) is 0 Å². The van der Waals surface area contributed by atoms with Crippen LogP contribution in [0.2, 0.25) is 0 Å². The number of para-hydroxylation sites is 1. The summed E-state index contributed by atoms with van der Waals surface area (Å²) in [5.74, 6) is 0. The van der Waals surface area contributed by atoms with Gasteiger partial charge in [-0.25, -0.2) is 0 Å². The highest BCUT2D eigenvalue weighted by Crippen LogP contribution is 2.18. The van der Waals surface area contributed by atoms with Crippen molar-refractivity contribution < 1.29 is 12.4 Å². The summed E-state index contributed by atoms with van der Waals surface area (Å²) in [6.07, 6.45) is 3.96. The highest BCUT2D eigenvalue weighted by molar-refractivity contribution is 5.40. The summed E-state index contributed by atoms with van der Waals surface area (Å²) in [5, 5.41) is 0. The molecule has 0 saturated heterocycles. The summed E-state index contributed by atoms with van der Waals surface area (Å²) in [4.78, 5) is 0. The lowest BCUT2D eigenvalue weighted by atomic mass is 10.2. The van der Waals surface area contributed by atoms with Crippen LogP contribution >= 0.6 is 0 Å². The fourth-order valence-corrected chi connectivity index (χ4v) is 1.72. The Morgan fingerprint density at radius 2 is 1.60 bits per heavy atom. The second kappa shape index (κ2) is 6.86. The number of rotatable bonds is 5. The van der Waals surface area contributed by atoms with Gasteiger partial charge in [0.15, 0.2) is 0 Å². The maximum atomic E-state index is 2.28. The van der Waals surface area contributed by atoms with E-state index in [1.54, 1.807) is 0 Å². The van der Waals surface area contributed by atoms with Gasteiger partial charge in [-0.2, -0.15) is 0 Å². The normalized spacial score (nSPS) is 10.9. The van der Waals surface area contributed by atoms with Crippen LogP contribution in [0.15, 0.2) is 30.3 Å². The number of benzene rings is 1. The van der Waals surface area contributed by atoms with E-state index in [4.69, 9.17) is 0 Å². The second-order valence-electron chi connectivity index (χ2n) is 4.45. The molecule has 0 aliphatic heterocycles. The molecule has 0 aliphatic rings. The van der Waals surface area contributed by atoms with Gasteiger partial charge in [-0.15, -0.1) is 0 Å². The zero-order chi connectivity index (χ0) is 10.4. The molecule has 0 spiro atoms. The van der Waals surface area contributed by atoms with Crippen molar-refractivity contribution in [3.05, 3.63) is 30.3 Å². The first kappa shape index (κ1) is 14.5. The van der Waals surface area contributed by atoms with Crippen LogP contribution in [0.1, 0.15) is 26.2 Å². The van der Waals surface area contributed by atoms with Crippen LogP contribution in [0.3, 0.4) is 0 Å². The lowest BCUT2D eigenvalue weighted by Gasteiger charge is -2.29. The molecule has 1 aromatic rings. The van der Waals surface area contributed by atoms with Crippen LogP contribution in [0.5, 0.6) is 0 Å². The fraction of sp³-hybridized carbons (Fsp3) is 0.538. The van der Waals surface area contributed by atoms with Gasteiger partial charge < -0.3 is 12.4 Å². The Hall–Kier alpha value is -0.530. The molecule has 0 aromatic heterocycles. The van der Waals surface area contributed by atoms with E-state index in [1.165, 1.54) is 31.5 Å². The van der Waals surface area contributed by atoms with Gasteiger partial charge in [-0.05, 0) is 25.0 Å². The molecule has 0 amide bonds. The standard InChI is InChI=1S/C13H22N.ClH/c1-4-5-9-12-14(2,3)13-10-7-6-8-11-13;/h6-8,10-11H,4-5,9,12H2,1-3H3;1H/q+1;/p-1. The molecule has 0 aliphatic carbocycles. The van der Waals surface area contributed by atoms with E-state index in [0.29, 0.717) is 0 Å². The Bertz CT molecular complexity index is 256. The number of nitrogens with zero attached hydrogens (tertiary/aromatic N) is 1. The minimum Gasteiger partial charge on any atom is -1.00 e. The molecule has 0 unspecified atom stereocenters. The fourth-order valence-electron chi connectivity index (χ4n) is 1.72. The smallest absolute Gasteiger partial charge is 0.132 e. The van der Waals surface area contributed by atoms with Gasteiger partial charge in [0.2, 0.25) is 0 Å². The summed E-state index contributed by atoms with van der Waals surface area (Å²) >= 11 is 0. The minimum absolute atomic E-state index is 0. The van der Waals surface area contributed by atoms with E-state index in [2.05, 4.69) is 51.4 Å². The molecule has 0 N–H and O–H groups in total. The van der Waals surface area contributed by atoms with Crippen molar-refractivity contribution in [3.8, 4) is 0 Å². The SMILES string of the molecule is CCCCC[N+](C)(C)c1ccccc1.[Cl-]. The van der Waals surface area contributed by atoms with Gasteiger partial charge in [0.25, 0.3) is 0 Å². The molecule has 1 nitrogen and oxygen atoms in total. The molecule has 15 heavy (non-hydrogen) atoms. The van der Waals surface area contributed by atoms with Gasteiger partial charge in [0, 0.05) is 0 Å². The van der Waals surface area contributed by atoms with E-state index in [0.717, 1.165) is 4.48 Å². The quantitative estimate of drug-likeness (QED) is 0.506. The molecule has 86 valence electrons. The Kier molecular flexibility index (Phi) is 6.62. The summed E-state index contributed by atoms with van der Waals surface area (Å²) in [6, 6.07) is 10.7. The van der Waals surface area contributed by atoms with E-state index < -0.39 is 0 Å². The van der Waals surface area contributed by atoms with Crippen molar-refractivity contribution in [2.24, 2.45) is 0 Å². The zero-order valence-corrected chi connectivity index (χ0v) is 10.8. The van der Waals surface area contributed by atoms with E-state index in [9.17, 15) is 0 Å². The molecular weight excluding hydrogens is 206 g/mol. The minimum atomic E-state index is 0. The molecule has 0 saturated carbocycles. The first-order chi connectivity index (χ1) is 6.67. The topological polar surface area (TPSA) is 0 Å². The highest BCUT2D eigenvalue weighted by Gasteiger charge is 2.16. The predicted molar refractivity (Wildman–Crippen MR) is 64.5 cm³/mol. The maximum absolute atomic E-state index is 2.28. The van der Waals surface area contributed by atoms with Crippen LogP contribution in [0.25, 0.3) is 0 Å². The van der Waals surface area contributed by atoms with Gasteiger partial charge in [-0.1, -0.05) is 31.5 Å². The summed E-state index contributed by atoms with van der Waals surface area (Å²) in [6.45, 7) is 3.49. The van der Waals surface area contributed by atoms with Gasteiger partial charge in [0.1, 0.15) is 5.69 Å². The number of quaternary nitrogens is 1. The monoisotopic (exact) mass is 227 g/mol. The lowest BCUT2D eigenvalue weighted by molar-refractivity contribution is -0.00000318. The maximum Gasteiger partial charge on any atom is 0.132 e. The van der Waals surface area contributed by atoms with E-state index in [1.807, 2.05) is 0 Å². The number of halogens is 1. The molecule has 1 aromatic carbocycles. The van der Waals surface area contributed by atoms with E-state index in [-0.39, 0.29) is 12.4 Å². The van der Waals surface area contributed by atoms with Crippen LogP contribution in [-0.4, -0.2) is 20.6 Å². The molecule has 0 radical (unpaired) electrons. The first-order valence-corrected chi connectivity index (χ1v) is 5.55. The second-order valence-corrected chi connectivity index (χ2v) is 4.45. The Balaban J connectivity index is 0.00000196. The van der Waals surface area contributed by atoms with Gasteiger partial charge >= 0.3 is 0 Å². The molecule has 0 fully saturated rings. The third-order valence-corrected chi connectivity index (χ3v) is 2.78. The average molecular weight is 228 g/mol. The first-order valence-electron chi connectivity index (χ1n) is 5.55. The summed E-state index contributed by atoms with van der Waals surface area (Å²) in [5.41, 5.74) is 1.41.